The first-order valence-electron chi connectivity index (χ1n) is 25.1. The monoisotopic (exact) mass is 1140 g/mol. The molecule has 3 aliphatic heterocycles. The number of nitrogens with one attached hydrogen (secondary N) is 1. The summed E-state index contributed by atoms with van der Waals surface area (Å²) in [6.07, 6.45) is -8.02. The minimum absolute atomic E-state index is 0.0230. The standard InChI is InChI=1S/C51H58N6O22S/c1-7-33-34-22-32(10-11-38(34)55-43-35(33)24-57-39(43)23-37-36(48(57)63)25-72-50(64)51(37,65)8-2)78-80(66,67)79-41-21-31(47(62)53-13-15-68-17-19-70-20-18-69-16-14-54-56-52)9-12-40(41)76-49-46(75-30(6)61)45(74-29(5)60)44(73-28(4)59)42(77-49)26-71-27(3)58/h9-12,21-23,42,44-46,49,65H,7-8,13-20,24-26H2,1-6H3,(H,53,62)/t42-,44+,45+,46-,49-,51+/m1/s1. The van der Waals surface area contributed by atoms with Crippen LogP contribution in [0.25, 0.3) is 32.7 Å². The first kappa shape index (κ1) is 59.7. The molecule has 0 spiro atoms. The molecular weight excluding hydrogens is 1080 g/mol. The number of nitrogens with zero attached hydrogens (tertiary/aromatic N) is 5. The van der Waals surface area contributed by atoms with Crippen LogP contribution >= 0.6 is 0 Å². The Bertz CT molecular complexity index is 3260. The Labute approximate surface area is 456 Å². The molecular formula is C51H58N6O22S. The second-order valence-electron chi connectivity index (χ2n) is 18.0. The van der Waals surface area contributed by atoms with E-state index in [4.69, 9.17) is 66.2 Å². The van der Waals surface area contributed by atoms with Crippen LogP contribution in [0.4, 0.5) is 0 Å². The van der Waals surface area contributed by atoms with Crippen molar-refractivity contribution in [3.8, 4) is 28.6 Å². The number of benzene rings is 2. The number of cyclic esters (lactones) is 1. The molecule has 2 aromatic carbocycles. The Balaban J connectivity index is 1.17. The number of carbonyl (C=O) groups excluding carboxylic acids is 6. The summed E-state index contributed by atoms with van der Waals surface area (Å²) in [5.41, 5.74) is 8.35. The first-order chi connectivity index (χ1) is 38.2. The molecule has 0 radical (unpaired) electrons. The molecule has 3 aliphatic rings. The van der Waals surface area contributed by atoms with Crippen molar-refractivity contribution in [3.05, 3.63) is 91.1 Å². The van der Waals surface area contributed by atoms with Crippen LogP contribution in [-0.2, 0) is 102 Å². The maximum atomic E-state index is 14.1. The molecule has 430 valence electrons. The van der Waals surface area contributed by atoms with E-state index in [1.54, 1.807) is 13.0 Å². The number of carbonyl (C=O) groups is 6. The van der Waals surface area contributed by atoms with Gasteiger partial charge in [-0.2, -0.15) is 0 Å². The molecule has 1 saturated heterocycles. The van der Waals surface area contributed by atoms with Gasteiger partial charge in [0.1, 0.15) is 25.1 Å². The third-order valence-electron chi connectivity index (χ3n) is 12.6. The lowest BCUT2D eigenvalue weighted by molar-refractivity contribution is -0.288. The van der Waals surface area contributed by atoms with Crippen LogP contribution in [0.3, 0.4) is 0 Å². The maximum Gasteiger partial charge on any atom is 0.501 e. The molecule has 5 heterocycles. The van der Waals surface area contributed by atoms with E-state index in [0.29, 0.717) is 39.8 Å². The number of rotatable bonds is 26. The lowest BCUT2D eigenvalue weighted by atomic mass is 9.86. The SMILES string of the molecule is CCc1c2c(nc3ccc(OS(=O)(=O)Oc4cc(C(=O)NCCOCCOCCOCCN=[N+]=[N-])ccc4O[C@@H]4O[C@H](COC(C)=O)[C@H](OC(C)=O)[C@H](OC(C)=O)[C@H]4OC(C)=O)cc13)-c1cc3c(c(=O)n1C2)COC(=O)[C@]3(O)CC. The van der Waals surface area contributed by atoms with E-state index in [-0.39, 0.29) is 94.7 Å². The molecule has 0 bridgehead atoms. The van der Waals surface area contributed by atoms with Gasteiger partial charge in [-0.05, 0) is 66.4 Å². The third kappa shape index (κ3) is 14.1. The van der Waals surface area contributed by atoms with Crippen molar-refractivity contribution in [3.63, 3.8) is 0 Å². The fourth-order valence-corrected chi connectivity index (χ4v) is 9.82. The average Bonchev–Trinajstić information content (AvgIpc) is 3.99. The van der Waals surface area contributed by atoms with E-state index >= 15 is 0 Å². The van der Waals surface area contributed by atoms with Crippen molar-refractivity contribution in [2.45, 2.75) is 104 Å². The van der Waals surface area contributed by atoms with Gasteiger partial charge in [-0.25, -0.2) is 9.78 Å². The summed E-state index contributed by atoms with van der Waals surface area (Å²) in [4.78, 5) is 97.1. The van der Waals surface area contributed by atoms with Crippen molar-refractivity contribution in [2.24, 2.45) is 5.11 Å². The zero-order valence-electron chi connectivity index (χ0n) is 44.3. The summed E-state index contributed by atoms with van der Waals surface area (Å²) in [7, 11) is -5.23. The molecule has 4 aromatic rings. The number of ether oxygens (including phenoxy) is 10. The topological polar surface area (TPSA) is 363 Å². The van der Waals surface area contributed by atoms with Gasteiger partial charge in [0.25, 0.3) is 11.5 Å². The van der Waals surface area contributed by atoms with Gasteiger partial charge in [-0.1, -0.05) is 19.0 Å². The summed E-state index contributed by atoms with van der Waals surface area (Å²) >= 11 is 0. The summed E-state index contributed by atoms with van der Waals surface area (Å²) in [6, 6.07) is 9.08. The van der Waals surface area contributed by atoms with E-state index in [1.165, 1.54) is 28.8 Å². The second kappa shape index (κ2) is 26.4. The second-order valence-corrected chi connectivity index (χ2v) is 19.2. The molecule has 0 aliphatic carbocycles. The van der Waals surface area contributed by atoms with E-state index in [9.17, 15) is 47.1 Å². The predicted molar refractivity (Wildman–Crippen MR) is 272 cm³/mol. The van der Waals surface area contributed by atoms with Gasteiger partial charge in [0.05, 0.1) is 68.7 Å². The van der Waals surface area contributed by atoms with Crippen molar-refractivity contribution in [1.82, 2.24) is 14.9 Å². The van der Waals surface area contributed by atoms with Gasteiger partial charge in [0.2, 0.25) is 12.4 Å². The van der Waals surface area contributed by atoms with Crippen LogP contribution in [0.15, 0.2) is 52.4 Å². The molecule has 2 aromatic heterocycles. The van der Waals surface area contributed by atoms with Gasteiger partial charge >= 0.3 is 40.2 Å². The summed E-state index contributed by atoms with van der Waals surface area (Å²) in [5, 5.41) is 17.8. The van der Waals surface area contributed by atoms with Crippen molar-refractivity contribution < 1.29 is 98.0 Å². The molecule has 1 amide bonds. The Hall–Kier alpha value is -7.92. The number of hydrogen-bond donors (Lipinski definition) is 2. The van der Waals surface area contributed by atoms with Crippen LogP contribution in [0, 0.1) is 0 Å². The zero-order valence-corrected chi connectivity index (χ0v) is 45.1. The molecule has 0 unspecified atom stereocenters. The van der Waals surface area contributed by atoms with Gasteiger partial charge in [-0.15, -0.1) is 8.42 Å². The van der Waals surface area contributed by atoms with E-state index < -0.39 is 106 Å². The maximum absolute atomic E-state index is 14.1. The van der Waals surface area contributed by atoms with Gasteiger partial charge in [0.15, 0.2) is 29.3 Å². The summed E-state index contributed by atoms with van der Waals surface area (Å²) < 4.78 is 96.0. The Kier molecular flexibility index (Phi) is 19.7. The van der Waals surface area contributed by atoms with E-state index in [1.807, 2.05) is 6.92 Å². The van der Waals surface area contributed by atoms with Gasteiger partial charge < -0.3 is 70.7 Å². The Morgan fingerprint density at radius 2 is 1.51 bits per heavy atom. The lowest BCUT2D eigenvalue weighted by Crippen LogP contribution is -2.63. The van der Waals surface area contributed by atoms with Crippen molar-refractivity contribution in [1.29, 1.82) is 0 Å². The number of aromatic nitrogens is 2. The molecule has 28 nitrogen and oxygen atoms in total. The number of azide groups is 1. The number of esters is 5. The average molecular weight is 1140 g/mol. The number of amides is 1. The molecule has 2 N–H and O–H groups in total. The summed E-state index contributed by atoms with van der Waals surface area (Å²) in [6.45, 7) is 8.04. The molecule has 80 heavy (non-hydrogen) atoms. The quantitative estimate of drug-likeness (QED) is 0.0201. The number of hydrogen-bond acceptors (Lipinski definition) is 24. The van der Waals surface area contributed by atoms with E-state index in [0.717, 1.165) is 39.8 Å². The Morgan fingerprint density at radius 1 is 0.838 bits per heavy atom. The summed E-state index contributed by atoms with van der Waals surface area (Å²) in [5.74, 6) is -6.62. The minimum Gasteiger partial charge on any atom is -0.463 e. The molecule has 0 saturated carbocycles. The lowest BCUT2D eigenvalue weighted by Gasteiger charge is -2.43. The highest BCUT2D eigenvalue weighted by Gasteiger charge is 2.54. The van der Waals surface area contributed by atoms with Gasteiger partial charge in [0, 0.05) is 67.8 Å². The molecule has 7 rings (SSSR count). The molecule has 6 atom stereocenters. The largest absolute Gasteiger partial charge is 0.501 e. The van der Waals surface area contributed by atoms with Crippen LogP contribution in [0.1, 0.15) is 80.6 Å². The molecule has 1 fully saturated rings. The zero-order chi connectivity index (χ0) is 57.9. The first-order valence-corrected chi connectivity index (χ1v) is 26.4. The number of fused-ring (bicyclic) bond motifs is 5. The fraction of sp³-hybridized carbons (Fsp3) is 0.490. The number of aryl methyl sites for hydroxylation is 1. The van der Waals surface area contributed by atoms with Crippen LogP contribution in [0.2, 0.25) is 0 Å². The highest BCUT2D eigenvalue weighted by Crippen LogP contribution is 2.42. The highest BCUT2D eigenvalue weighted by atomic mass is 32.3. The smallest absolute Gasteiger partial charge is 0.463 e. The Morgan fingerprint density at radius 3 is 2.17 bits per heavy atom. The van der Waals surface area contributed by atoms with Gasteiger partial charge in [-0.3, -0.25) is 28.8 Å². The number of pyridine rings is 2. The fourth-order valence-electron chi connectivity index (χ4n) is 9.09. The van der Waals surface area contributed by atoms with Crippen LogP contribution in [0.5, 0.6) is 17.2 Å². The minimum atomic E-state index is -5.23. The number of aliphatic hydroxyl groups is 1. The third-order valence-corrected chi connectivity index (χ3v) is 13.4. The predicted octanol–water partition coefficient (Wildman–Crippen LogP) is 2.90. The van der Waals surface area contributed by atoms with Crippen LogP contribution < -0.4 is 24.0 Å². The molecule has 29 heteroatoms. The highest BCUT2D eigenvalue weighted by molar-refractivity contribution is 7.82. The van der Waals surface area contributed by atoms with E-state index in [2.05, 4.69) is 15.3 Å². The normalized spacial score (nSPS) is 19.9. The van der Waals surface area contributed by atoms with Crippen molar-refractivity contribution >= 4 is 57.1 Å². The van der Waals surface area contributed by atoms with Crippen molar-refractivity contribution in [2.75, 3.05) is 59.3 Å². The van der Waals surface area contributed by atoms with Crippen LogP contribution in [-0.4, -0.2) is 149 Å².